The maximum Gasteiger partial charge on any atom is 0.153 e. The van der Waals surface area contributed by atoms with Gasteiger partial charge in [-0.15, -0.1) is 0 Å². The van der Waals surface area contributed by atoms with E-state index in [0.29, 0.717) is 0 Å². The van der Waals surface area contributed by atoms with E-state index in [0.717, 1.165) is 22.1 Å². The van der Waals surface area contributed by atoms with Gasteiger partial charge in [0.05, 0.1) is 10.7 Å². The van der Waals surface area contributed by atoms with Gasteiger partial charge in [-0.1, -0.05) is 18.2 Å². The Hall–Kier alpha value is -2.42. The van der Waals surface area contributed by atoms with Crippen LogP contribution in [-0.2, 0) is 0 Å². The molecule has 0 bridgehead atoms. The molecule has 0 aliphatic carbocycles. The standard InChI is InChI=1S/C15H13N3/c1-18-10-8-12(9-11-18)6-7-15-16-13-4-2-3-5-14(13)17-15/h2-11H,1H3. The molecule has 88 valence electrons. The Bertz CT molecular complexity index is 652. The topological polar surface area (TPSA) is 28.0 Å². The molecule has 0 saturated carbocycles. The SMILES string of the molecule is CN1C=CC(=CC=C2N=c3ccccc3=N2)C=C1. The molecule has 0 saturated heterocycles. The molecule has 2 aliphatic rings. The minimum atomic E-state index is 0.754. The van der Waals surface area contributed by atoms with Crippen molar-refractivity contribution in [2.75, 3.05) is 7.05 Å². The van der Waals surface area contributed by atoms with Gasteiger partial charge in [-0.3, -0.25) is 0 Å². The summed E-state index contributed by atoms with van der Waals surface area (Å²) < 4.78 is 0. The van der Waals surface area contributed by atoms with Crippen molar-refractivity contribution in [3.05, 3.63) is 83.1 Å². The van der Waals surface area contributed by atoms with Crippen LogP contribution < -0.4 is 10.7 Å². The monoisotopic (exact) mass is 235 g/mol. The molecule has 1 aromatic carbocycles. The molecule has 0 fully saturated rings. The third kappa shape index (κ3) is 2.15. The van der Waals surface area contributed by atoms with Crippen molar-refractivity contribution in [1.29, 1.82) is 0 Å². The zero-order chi connectivity index (χ0) is 12.4. The van der Waals surface area contributed by atoms with Gasteiger partial charge in [0.1, 0.15) is 0 Å². The summed E-state index contributed by atoms with van der Waals surface area (Å²) in [6.07, 6.45) is 12.1. The Morgan fingerprint density at radius 1 is 0.944 bits per heavy atom. The molecule has 0 radical (unpaired) electrons. The summed E-state index contributed by atoms with van der Waals surface area (Å²) in [5.74, 6) is 0.754. The van der Waals surface area contributed by atoms with Crippen molar-refractivity contribution < 1.29 is 0 Å². The van der Waals surface area contributed by atoms with Crippen LogP contribution in [-0.4, -0.2) is 11.9 Å². The number of nitrogens with zero attached hydrogens (tertiary/aromatic N) is 3. The van der Waals surface area contributed by atoms with Gasteiger partial charge in [0.15, 0.2) is 5.82 Å². The fraction of sp³-hybridized carbons (Fsp3) is 0.0667. The predicted molar refractivity (Wildman–Crippen MR) is 71.0 cm³/mol. The van der Waals surface area contributed by atoms with E-state index in [1.165, 1.54) is 0 Å². The highest BCUT2D eigenvalue weighted by Gasteiger charge is 2.00. The highest BCUT2D eigenvalue weighted by Crippen LogP contribution is 2.09. The Morgan fingerprint density at radius 3 is 2.17 bits per heavy atom. The zero-order valence-electron chi connectivity index (χ0n) is 10.1. The first kappa shape index (κ1) is 10.7. The van der Waals surface area contributed by atoms with E-state index in [-0.39, 0.29) is 0 Å². The first-order valence-corrected chi connectivity index (χ1v) is 5.84. The third-order valence-corrected chi connectivity index (χ3v) is 2.78. The number of benzene rings is 1. The number of allylic oxidation sites excluding steroid dienone is 5. The van der Waals surface area contributed by atoms with Gasteiger partial charge in [-0.25, -0.2) is 9.98 Å². The molecule has 2 aliphatic heterocycles. The average Bonchev–Trinajstić information content (AvgIpc) is 2.81. The molecule has 0 aromatic heterocycles. The Balaban J connectivity index is 1.89. The molecule has 3 nitrogen and oxygen atoms in total. The Labute approximate surface area is 105 Å². The molecule has 0 N–H and O–H groups in total. The van der Waals surface area contributed by atoms with Gasteiger partial charge >= 0.3 is 0 Å². The van der Waals surface area contributed by atoms with E-state index in [2.05, 4.69) is 22.1 Å². The second kappa shape index (κ2) is 4.45. The molecule has 2 heterocycles. The summed E-state index contributed by atoms with van der Waals surface area (Å²) in [6.45, 7) is 0. The highest BCUT2D eigenvalue weighted by molar-refractivity contribution is 5.37. The van der Waals surface area contributed by atoms with E-state index in [1.807, 2.05) is 60.8 Å². The van der Waals surface area contributed by atoms with Gasteiger partial charge in [0, 0.05) is 19.4 Å². The van der Waals surface area contributed by atoms with Crippen LogP contribution in [0.4, 0.5) is 0 Å². The van der Waals surface area contributed by atoms with Crippen LogP contribution in [0.3, 0.4) is 0 Å². The molecule has 3 heteroatoms. The van der Waals surface area contributed by atoms with Gasteiger partial charge in [0.25, 0.3) is 0 Å². The number of hydrogen-bond donors (Lipinski definition) is 0. The summed E-state index contributed by atoms with van der Waals surface area (Å²) in [4.78, 5) is 10.9. The van der Waals surface area contributed by atoms with Crippen LogP contribution in [0.2, 0.25) is 0 Å². The summed E-state index contributed by atoms with van der Waals surface area (Å²) in [5, 5.41) is 1.88. The normalized spacial score (nSPS) is 16.2. The summed E-state index contributed by atoms with van der Waals surface area (Å²) >= 11 is 0. The van der Waals surface area contributed by atoms with Crippen molar-refractivity contribution >= 4 is 0 Å². The summed E-state index contributed by atoms with van der Waals surface area (Å²) in [5.41, 5.74) is 1.14. The fourth-order valence-electron chi connectivity index (χ4n) is 1.79. The summed E-state index contributed by atoms with van der Waals surface area (Å²) in [7, 11) is 2.00. The van der Waals surface area contributed by atoms with E-state index in [4.69, 9.17) is 0 Å². The molecule has 0 amide bonds. The molecule has 1 aromatic rings. The van der Waals surface area contributed by atoms with Crippen LogP contribution >= 0.6 is 0 Å². The first-order chi connectivity index (χ1) is 8.81. The second-order valence-electron chi connectivity index (χ2n) is 4.20. The van der Waals surface area contributed by atoms with Gasteiger partial charge in [0.2, 0.25) is 0 Å². The van der Waals surface area contributed by atoms with E-state index in [9.17, 15) is 0 Å². The van der Waals surface area contributed by atoms with E-state index in [1.54, 1.807) is 0 Å². The largest absolute Gasteiger partial charge is 0.357 e. The summed E-state index contributed by atoms with van der Waals surface area (Å²) in [6, 6.07) is 7.90. The lowest BCUT2D eigenvalue weighted by molar-refractivity contribution is 0.620. The first-order valence-electron chi connectivity index (χ1n) is 5.84. The second-order valence-corrected chi connectivity index (χ2v) is 4.20. The fourth-order valence-corrected chi connectivity index (χ4v) is 1.79. The Morgan fingerprint density at radius 2 is 1.56 bits per heavy atom. The lowest BCUT2D eigenvalue weighted by atomic mass is 10.2. The van der Waals surface area contributed by atoms with Crippen molar-refractivity contribution in [3.8, 4) is 0 Å². The van der Waals surface area contributed by atoms with Crippen molar-refractivity contribution in [3.63, 3.8) is 0 Å². The lowest BCUT2D eigenvalue weighted by Gasteiger charge is -2.11. The van der Waals surface area contributed by atoms with Crippen molar-refractivity contribution in [1.82, 2.24) is 4.90 Å². The highest BCUT2D eigenvalue weighted by atomic mass is 15.0. The van der Waals surface area contributed by atoms with Gasteiger partial charge < -0.3 is 4.90 Å². The van der Waals surface area contributed by atoms with Gasteiger partial charge in [-0.05, 0) is 35.9 Å². The van der Waals surface area contributed by atoms with Gasteiger partial charge in [-0.2, -0.15) is 0 Å². The maximum atomic E-state index is 4.44. The zero-order valence-corrected chi connectivity index (χ0v) is 10.1. The molecule has 3 rings (SSSR count). The molecule has 0 spiro atoms. The lowest BCUT2D eigenvalue weighted by Crippen LogP contribution is -2.19. The molecular weight excluding hydrogens is 222 g/mol. The third-order valence-electron chi connectivity index (χ3n) is 2.78. The number of hydrogen-bond acceptors (Lipinski definition) is 3. The van der Waals surface area contributed by atoms with E-state index < -0.39 is 0 Å². The van der Waals surface area contributed by atoms with Crippen LogP contribution in [0, 0.1) is 0 Å². The molecule has 0 atom stereocenters. The van der Waals surface area contributed by atoms with Crippen LogP contribution in [0.5, 0.6) is 0 Å². The number of rotatable bonds is 1. The van der Waals surface area contributed by atoms with Crippen LogP contribution in [0.1, 0.15) is 0 Å². The molecule has 0 unspecified atom stereocenters. The van der Waals surface area contributed by atoms with E-state index >= 15 is 0 Å². The molecular formula is C15H13N3. The van der Waals surface area contributed by atoms with Crippen molar-refractivity contribution in [2.24, 2.45) is 9.98 Å². The quantitative estimate of drug-likeness (QED) is 0.728. The van der Waals surface area contributed by atoms with Crippen LogP contribution in [0.25, 0.3) is 0 Å². The number of para-hydroxylation sites is 2. The average molecular weight is 235 g/mol. The molecule has 18 heavy (non-hydrogen) atoms. The van der Waals surface area contributed by atoms with Crippen molar-refractivity contribution in [2.45, 2.75) is 0 Å². The smallest absolute Gasteiger partial charge is 0.153 e. The predicted octanol–water partition coefficient (Wildman–Crippen LogP) is 1.68. The van der Waals surface area contributed by atoms with Crippen LogP contribution in [0.15, 0.2) is 82.3 Å². The maximum absolute atomic E-state index is 4.44. The number of fused-ring (bicyclic) bond motifs is 1. The minimum absolute atomic E-state index is 0.754. The minimum Gasteiger partial charge on any atom is -0.357 e. The Kier molecular flexibility index (Phi) is 2.65.